The van der Waals surface area contributed by atoms with E-state index in [-0.39, 0.29) is 10.8 Å². The summed E-state index contributed by atoms with van der Waals surface area (Å²) in [5.41, 5.74) is 5.99. The van der Waals surface area contributed by atoms with Crippen molar-refractivity contribution < 1.29 is 8.78 Å². The highest BCUT2D eigenvalue weighted by Crippen LogP contribution is 2.63. The van der Waals surface area contributed by atoms with Crippen LogP contribution in [0.5, 0.6) is 0 Å². The van der Waals surface area contributed by atoms with Crippen LogP contribution in [0.2, 0.25) is 0 Å². The fraction of sp³-hybridized carbons (Fsp3) is 0.500. The Kier molecular flexibility index (Phi) is 2.12. The Morgan fingerprint density at radius 2 is 1.93 bits per heavy atom. The Balaban J connectivity index is 2.46. The molecule has 0 heterocycles. The van der Waals surface area contributed by atoms with Gasteiger partial charge in [0.2, 0.25) is 0 Å². The van der Waals surface area contributed by atoms with Gasteiger partial charge in [0.15, 0.2) is 0 Å². The van der Waals surface area contributed by atoms with Gasteiger partial charge in [-0.3, -0.25) is 0 Å². The molecule has 1 aromatic rings. The summed E-state index contributed by atoms with van der Waals surface area (Å²) in [6.07, 6.45) is 0.860. The molecule has 82 valence electrons. The third-order valence-corrected chi connectivity index (χ3v) is 3.71. The van der Waals surface area contributed by atoms with Crippen LogP contribution in [0.3, 0.4) is 0 Å². The Bertz CT molecular complexity index is 401. The van der Waals surface area contributed by atoms with Crippen LogP contribution in [0.1, 0.15) is 25.8 Å². The SMILES string of the molecule is CC1(C)C[C@]1(CN)c1ccc(F)cc1F. The smallest absolute Gasteiger partial charge is 0.129 e. The minimum atomic E-state index is -0.540. The van der Waals surface area contributed by atoms with E-state index in [0.29, 0.717) is 12.1 Å². The van der Waals surface area contributed by atoms with Crippen LogP contribution in [0, 0.1) is 17.0 Å². The highest BCUT2D eigenvalue weighted by atomic mass is 19.1. The van der Waals surface area contributed by atoms with Gasteiger partial charge in [-0.25, -0.2) is 8.78 Å². The lowest BCUT2D eigenvalue weighted by atomic mass is 9.87. The molecule has 15 heavy (non-hydrogen) atoms. The van der Waals surface area contributed by atoms with E-state index in [1.165, 1.54) is 12.1 Å². The van der Waals surface area contributed by atoms with Crippen LogP contribution in [-0.2, 0) is 5.41 Å². The minimum Gasteiger partial charge on any atom is -0.330 e. The fourth-order valence-corrected chi connectivity index (χ4v) is 2.51. The van der Waals surface area contributed by atoms with E-state index in [9.17, 15) is 8.78 Å². The topological polar surface area (TPSA) is 26.0 Å². The fourth-order valence-electron chi connectivity index (χ4n) is 2.51. The average molecular weight is 211 g/mol. The van der Waals surface area contributed by atoms with Crippen molar-refractivity contribution in [2.75, 3.05) is 6.54 Å². The largest absolute Gasteiger partial charge is 0.330 e. The van der Waals surface area contributed by atoms with Crippen LogP contribution in [0.15, 0.2) is 18.2 Å². The number of hydrogen-bond acceptors (Lipinski definition) is 1. The molecule has 0 aliphatic heterocycles. The van der Waals surface area contributed by atoms with Crippen molar-refractivity contribution >= 4 is 0 Å². The standard InChI is InChI=1S/C12H15F2N/c1-11(2)6-12(11,7-15)9-4-3-8(13)5-10(9)14/h3-5H,6-7,15H2,1-2H3/t12-/m0/s1. The van der Waals surface area contributed by atoms with Gasteiger partial charge in [0, 0.05) is 18.0 Å². The number of benzene rings is 1. The molecule has 2 N–H and O–H groups in total. The quantitative estimate of drug-likeness (QED) is 0.799. The molecule has 3 heteroatoms. The van der Waals surface area contributed by atoms with Crippen molar-refractivity contribution in [1.29, 1.82) is 0 Å². The number of halogens is 2. The lowest BCUT2D eigenvalue weighted by Gasteiger charge is -2.19. The molecule has 0 bridgehead atoms. The van der Waals surface area contributed by atoms with Crippen LogP contribution >= 0.6 is 0 Å². The molecule has 0 aromatic heterocycles. The van der Waals surface area contributed by atoms with E-state index in [1.54, 1.807) is 0 Å². The summed E-state index contributed by atoms with van der Waals surface area (Å²) < 4.78 is 26.4. The highest BCUT2D eigenvalue weighted by Gasteiger charge is 2.61. The number of hydrogen-bond donors (Lipinski definition) is 1. The molecule has 0 amide bonds. The molecular weight excluding hydrogens is 196 g/mol. The van der Waals surface area contributed by atoms with Gasteiger partial charge in [-0.05, 0) is 23.5 Å². The molecular formula is C12H15F2N. The van der Waals surface area contributed by atoms with E-state index < -0.39 is 11.6 Å². The van der Waals surface area contributed by atoms with Crippen LogP contribution in [0.4, 0.5) is 8.78 Å². The Morgan fingerprint density at radius 1 is 1.33 bits per heavy atom. The molecule has 0 unspecified atom stereocenters. The lowest BCUT2D eigenvalue weighted by molar-refractivity contribution is 0.473. The van der Waals surface area contributed by atoms with Crippen molar-refractivity contribution in [1.82, 2.24) is 0 Å². The van der Waals surface area contributed by atoms with Crippen molar-refractivity contribution in [3.63, 3.8) is 0 Å². The molecule has 1 aliphatic carbocycles. The maximum atomic E-state index is 13.6. The van der Waals surface area contributed by atoms with Crippen molar-refractivity contribution in [2.24, 2.45) is 11.1 Å². The van der Waals surface area contributed by atoms with Gasteiger partial charge in [0.05, 0.1) is 0 Å². The van der Waals surface area contributed by atoms with Gasteiger partial charge < -0.3 is 5.73 Å². The molecule has 1 saturated carbocycles. The van der Waals surface area contributed by atoms with E-state index in [1.807, 2.05) is 0 Å². The van der Waals surface area contributed by atoms with Gasteiger partial charge in [-0.2, -0.15) is 0 Å². The van der Waals surface area contributed by atoms with Gasteiger partial charge in [0.25, 0.3) is 0 Å². The average Bonchev–Trinajstić information content (AvgIpc) is 2.69. The summed E-state index contributed by atoms with van der Waals surface area (Å²) in [7, 11) is 0. The first-order valence-corrected chi connectivity index (χ1v) is 5.08. The van der Waals surface area contributed by atoms with Crippen molar-refractivity contribution in [3.8, 4) is 0 Å². The normalized spacial score (nSPS) is 27.8. The van der Waals surface area contributed by atoms with E-state index >= 15 is 0 Å². The first-order valence-electron chi connectivity index (χ1n) is 5.08. The van der Waals surface area contributed by atoms with Gasteiger partial charge in [0.1, 0.15) is 11.6 Å². The Morgan fingerprint density at radius 3 is 2.33 bits per heavy atom. The molecule has 1 nitrogen and oxygen atoms in total. The Labute approximate surface area is 88.3 Å². The van der Waals surface area contributed by atoms with Crippen LogP contribution in [0.25, 0.3) is 0 Å². The third-order valence-electron chi connectivity index (χ3n) is 3.71. The summed E-state index contributed by atoms with van der Waals surface area (Å²) in [6, 6.07) is 3.75. The summed E-state index contributed by atoms with van der Waals surface area (Å²) in [6.45, 7) is 4.52. The second-order valence-electron chi connectivity index (χ2n) is 4.97. The van der Waals surface area contributed by atoms with Crippen LogP contribution in [-0.4, -0.2) is 6.54 Å². The maximum absolute atomic E-state index is 13.6. The summed E-state index contributed by atoms with van der Waals surface area (Å²) in [4.78, 5) is 0. The second-order valence-corrected chi connectivity index (χ2v) is 4.97. The maximum Gasteiger partial charge on any atom is 0.129 e. The van der Waals surface area contributed by atoms with E-state index in [0.717, 1.165) is 12.5 Å². The molecule has 1 fully saturated rings. The second kappa shape index (κ2) is 3.01. The molecule has 0 saturated heterocycles. The van der Waals surface area contributed by atoms with E-state index in [2.05, 4.69) is 13.8 Å². The third kappa shape index (κ3) is 1.37. The predicted octanol–water partition coefficient (Wildman–Crippen LogP) is 2.59. The molecule has 1 atom stereocenters. The molecule has 2 rings (SSSR count). The highest BCUT2D eigenvalue weighted by molar-refractivity contribution is 5.38. The van der Waals surface area contributed by atoms with Crippen molar-refractivity contribution in [3.05, 3.63) is 35.4 Å². The van der Waals surface area contributed by atoms with Gasteiger partial charge in [-0.1, -0.05) is 19.9 Å². The first-order chi connectivity index (χ1) is 6.93. The minimum absolute atomic E-state index is 0.0143. The number of nitrogens with two attached hydrogens (primary N) is 1. The monoisotopic (exact) mass is 211 g/mol. The molecule has 0 spiro atoms. The predicted molar refractivity (Wildman–Crippen MR) is 55.5 cm³/mol. The Hall–Kier alpha value is -0.960. The van der Waals surface area contributed by atoms with Crippen molar-refractivity contribution in [2.45, 2.75) is 25.7 Å². The molecule has 0 radical (unpaired) electrons. The van der Waals surface area contributed by atoms with Gasteiger partial charge >= 0.3 is 0 Å². The first kappa shape index (κ1) is 10.6. The number of rotatable bonds is 2. The van der Waals surface area contributed by atoms with Crippen LogP contribution < -0.4 is 5.73 Å². The molecule has 1 aromatic carbocycles. The zero-order valence-electron chi connectivity index (χ0n) is 8.98. The molecule has 1 aliphatic rings. The zero-order valence-corrected chi connectivity index (χ0v) is 8.98. The van der Waals surface area contributed by atoms with E-state index in [4.69, 9.17) is 5.73 Å². The zero-order chi connectivity index (χ0) is 11.3. The summed E-state index contributed by atoms with van der Waals surface area (Å²) in [5.74, 6) is -1.02. The summed E-state index contributed by atoms with van der Waals surface area (Å²) in [5, 5.41) is 0. The van der Waals surface area contributed by atoms with Gasteiger partial charge in [-0.15, -0.1) is 0 Å². The summed E-state index contributed by atoms with van der Waals surface area (Å²) >= 11 is 0. The lowest BCUT2D eigenvalue weighted by Crippen LogP contribution is -2.26.